The van der Waals surface area contributed by atoms with Crippen molar-refractivity contribution in [3.05, 3.63) is 35.9 Å². The van der Waals surface area contributed by atoms with Gasteiger partial charge in [0.15, 0.2) is 0 Å². The summed E-state index contributed by atoms with van der Waals surface area (Å²) in [6, 6.07) is 8.53. The zero-order valence-corrected chi connectivity index (χ0v) is 10.7. The summed E-state index contributed by atoms with van der Waals surface area (Å²) in [5.41, 5.74) is 0.504. The molecule has 0 spiro atoms. The number of halogens is 3. The number of piperazine rings is 1. The number of likely N-dealkylation sites (N-methyl/N-ethyl adjacent to an activating group) is 1. The first-order valence-corrected chi connectivity index (χ1v) is 6.11. The molecule has 19 heavy (non-hydrogen) atoms. The molecule has 1 aromatic carbocycles. The minimum Gasteiger partial charge on any atom is -0.354 e. The number of rotatable bonds is 1. The first-order chi connectivity index (χ1) is 8.96. The molecule has 0 amide bonds. The highest BCUT2D eigenvalue weighted by Gasteiger charge is 2.30. The first kappa shape index (κ1) is 13.9. The van der Waals surface area contributed by atoms with E-state index in [1.165, 1.54) is 0 Å². The summed E-state index contributed by atoms with van der Waals surface area (Å²) in [7, 11) is 1.96. The molecule has 0 unspecified atom stereocenters. The van der Waals surface area contributed by atoms with Crippen molar-refractivity contribution >= 4 is 5.84 Å². The Morgan fingerprint density at radius 3 is 2.16 bits per heavy atom. The third kappa shape index (κ3) is 3.96. The summed E-state index contributed by atoms with van der Waals surface area (Å²) in [6.45, 7) is 2.59. The molecule has 3 nitrogen and oxygen atoms in total. The van der Waals surface area contributed by atoms with Gasteiger partial charge in [-0.3, -0.25) is 0 Å². The van der Waals surface area contributed by atoms with Crippen LogP contribution in [0, 0.1) is 0 Å². The topological polar surface area (TPSA) is 18.8 Å². The Balaban J connectivity index is 2.28. The van der Waals surface area contributed by atoms with Crippen molar-refractivity contribution in [1.29, 1.82) is 0 Å². The molecular formula is C13H16F3N3. The van der Waals surface area contributed by atoms with Crippen LogP contribution < -0.4 is 0 Å². The lowest BCUT2D eigenvalue weighted by atomic mass is 10.1. The number of hydrogen-bond acceptors (Lipinski definition) is 2. The van der Waals surface area contributed by atoms with Gasteiger partial charge >= 0.3 is 6.30 Å². The maximum absolute atomic E-state index is 12.6. The lowest BCUT2D eigenvalue weighted by molar-refractivity contribution is -0.120. The standard InChI is InChI=1S/C13H16F3N3/c1-18-7-9-19(10-8-18)12(17-13(14,15)16)11-5-3-2-4-6-11/h2-6H,7-10H2,1H3. The second-order valence-electron chi connectivity index (χ2n) is 4.56. The van der Waals surface area contributed by atoms with Crippen molar-refractivity contribution in [2.24, 2.45) is 4.99 Å². The van der Waals surface area contributed by atoms with E-state index in [0.717, 1.165) is 13.1 Å². The molecular weight excluding hydrogens is 255 g/mol. The Labute approximate surface area is 110 Å². The molecule has 0 N–H and O–H groups in total. The van der Waals surface area contributed by atoms with Gasteiger partial charge in [0.05, 0.1) is 0 Å². The summed E-state index contributed by atoms with van der Waals surface area (Å²) in [5, 5.41) is 0. The van der Waals surface area contributed by atoms with Crippen LogP contribution in [0.25, 0.3) is 0 Å². The van der Waals surface area contributed by atoms with Gasteiger partial charge in [0.2, 0.25) is 0 Å². The van der Waals surface area contributed by atoms with Crippen LogP contribution in [-0.2, 0) is 0 Å². The fraction of sp³-hybridized carbons (Fsp3) is 0.462. The molecule has 104 valence electrons. The van der Waals surface area contributed by atoms with Crippen LogP contribution in [0.2, 0.25) is 0 Å². The number of hydrogen-bond donors (Lipinski definition) is 0. The van der Waals surface area contributed by atoms with Gasteiger partial charge in [0, 0.05) is 31.7 Å². The smallest absolute Gasteiger partial charge is 0.354 e. The van der Waals surface area contributed by atoms with Crippen LogP contribution in [0.15, 0.2) is 35.3 Å². The lowest BCUT2D eigenvalue weighted by Crippen LogP contribution is -2.47. The summed E-state index contributed by atoms with van der Waals surface area (Å²) < 4.78 is 37.8. The predicted octanol–water partition coefficient (Wildman–Crippen LogP) is 2.20. The molecule has 1 fully saturated rings. The number of amidine groups is 1. The van der Waals surface area contributed by atoms with E-state index < -0.39 is 6.30 Å². The van der Waals surface area contributed by atoms with E-state index >= 15 is 0 Å². The number of alkyl halides is 3. The van der Waals surface area contributed by atoms with Crippen LogP contribution >= 0.6 is 0 Å². The zero-order chi connectivity index (χ0) is 13.9. The quantitative estimate of drug-likeness (QED) is 0.443. The summed E-state index contributed by atoms with van der Waals surface area (Å²) in [5.74, 6) is 0.0150. The zero-order valence-electron chi connectivity index (χ0n) is 10.7. The van der Waals surface area contributed by atoms with Crippen LogP contribution in [0.4, 0.5) is 13.2 Å². The van der Waals surface area contributed by atoms with Crippen LogP contribution in [-0.4, -0.2) is 55.2 Å². The van der Waals surface area contributed by atoms with E-state index in [-0.39, 0.29) is 5.84 Å². The molecule has 0 atom stereocenters. The normalized spacial score (nSPS) is 18.7. The van der Waals surface area contributed by atoms with E-state index in [4.69, 9.17) is 0 Å². The van der Waals surface area contributed by atoms with Crippen LogP contribution in [0.3, 0.4) is 0 Å². The average molecular weight is 271 g/mol. The number of nitrogens with zero attached hydrogens (tertiary/aromatic N) is 3. The molecule has 1 aromatic rings. The van der Waals surface area contributed by atoms with Gasteiger partial charge in [-0.2, -0.15) is 4.99 Å². The molecule has 0 radical (unpaired) electrons. The Morgan fingerprint density at radius 1 is 1.05 bits per heavy atom. The molecule has 0 aliphatic carbocycles. The number of aliphatic imine (C=N–C) groups is 1. The highest BCUT2D eigenvalue weighted by Crippen LogP contribution is 2.20. The van der Waals surface area contributed by atoms with Crippen molar-refractivity contribution in [1.82, 2.24) is 9.80 Å². The van der Waals surface area contributed by atoms with Crippen molar-refractivity contribution < 1.29 is 13.2 Å². The molecule has 1 aliphatic rings. The second kappa shape index (κ2) is 5.61. The molecule has 1 saturated heterocycles. The minimum atomic E-state index is -4.55. The lowest BCUT2D eigenvalue weighted by Gasteiger charge is -2.34. The SMILES string of the molecule is CN1CCN(C(=NC(F)(F)F)c2ccccc2)CC1. The Kier molecular flexibility index (Phi) is 4.09. The maximum Gasteiger partial charge on any atom is 0.505 e. The van der Waals surface area contributed by atoms with E-state index in [0.29, 0.717) is 18.7 Å². The van der Waals surface area contributed by atoms with Gasteiger partial charge in [0.1, 0.15) is 5.84 Å². The Bertz CT molecular complexity index is 434. The van der Waals surface area contributed by atoms with Gasteiger partial charge in [-0.1, -0.05) is 30.3 Å². The highest BCUT2D eigenvalue weighted by molar-refractivity contribution is 5.99. The predicted molar refractivity (Wildman–Crippen MR) is 68.1 cm³/mol. The molecule has 1 aliphatic heterocycles. The van der Waals surface area contributed by atoms with Gasteiger partial charge in [-0.05, 0) is 7.05 Å². The van der Waals surface area contributed by atoms with Crippen molar-refractivity contribution in [2.75, 3.05) is 33.2 Å². The van der Waals surface area contributed by atoms with Crippen LogP contribution in [0.1, 0.15) is 5.56 Å². The molecule has 2 rings (SSSR count). The molecule has 6 heteroatoms. The Hall–Kier alpha value is -1.56. The fourth-order valence-electron chi connectivity index (χ4n) is 2.04. The van der Waals surface area contributed by atoms with Gasteiger partial charge in [0.25, 0.3) is 0 Å². The van der Waals surface area contributed by atoms with E-state index in [2.05, 4.69) is 9.89 Å². The van der Waals surface area contributed by atoms with E-state index in [1.807, 2.05) is 7.05 Å². The number of benzene rings is 1. The van der Waals surface area contributed by atoms with Crippen molar-refractivity contribution in [2.45, 2.75) is 6.30 Å². The molecule has 0 saturated carbocycles. The van der Waals surface area contributed by atoms with Crippen molar-refractivity contribution in [3.8, 4) is 0 Å². The summed E-state index contributed by atoms with van der Waals surface area (Å²) >= 11 is 0. The molecule has 0 aromatic heterocycles. The van der Waals surface area contributed by atoms with E-state index in [9.17, 15) is 13.2 Å². The summed E-state index contributed by atoms with van der Waals surface area (Å²) in [4.78, 5) is 6.74. The largest absolute Gasteiger partial charge is 0.505 e. The average Bonchev–Trinajstić information content (AvgIpc) is 2.37. The monoisotopic (exact) mass is 271 g/mol. The van der Waals surface area contributed by atoms with E-state index in [1.54, 1.807) is 35.2 Å². The summed E-state index contributed by atoms with van der Waals surface area (Å²) in [6.07, 6.45) is -4.55. The van der Waals surface area contributed by atoms with Gasteiger partial charge in [-0.25, -0.2) is 0 Å². The minimum absolute atomic E-state index is 0.0150. The van der Waals surface area contributed by atoms with Gasteiger partial charge < -0.3 is 9.80 Å². The fourth-order valence-corrected chi connectivity index (χ4v) is 2.04. The third-order valence-electron chi connectivity index (χ3n) is 3.07. The molecule has 1 heterocycles. The van der Waals surface area contributed by atoms with Crippen LogP contribution in [0.5, 0.6) is 0 Å². The second-order valence-corrected chi connectivity index (χ2v) is 4.56. The maximum atomic E-state index is 12.6. The molecule has 0 bridgehead atoms. The van der Waals surface area contributed by atoms with Crippen molar-refractivity contribution in [3.63, 3.8) is 0 Å². The first-order valence-electron chi connectivity index (χ1n) is 6.11. The highest BCUT2D eigenvalue weighted by atomic mass is 19.4. The Morgan fingerprint density at radius 2 is 1.63 bits per heavy atom. The van der Waals surface area contributed by atoms with Gasteiger partial charge in [-0.15, -0.1) is 13.2 Å². The third-order valence-corrected chi connectivity index (χ3v) is 3.07.